The van der Waals surface area contributed by atoms with Crippen LogP contribution in [0.2, 0.25) is 5.02 Å². The molecule has 1 atom stereocenters. The van der Waals surface area contributed by atoms with Gasteiger partial charge >= 0.3 is 0 Å². The Morgan fingerprint density at radius 3 is 2.41 bits per heavy atom. The van der Waals surface area contributed by atoms with Crippen molar-refractivity contribution in [3.05, 3.63) is 63.7 Å². The molecule has 0 saturated carbocycles. The molecule has 0 radical (unpaired) electrons. The average Bonchev–Trinajstić information content (AvgIpc) is 2.61. The normalized spacial score (nSPS) is 11.6. The molecule has 0 aliphatic rings. The van der Waals surface area contributed by atoms with Gasteiger partial charge in [0, 0.05) is 24.8 Å². The third-order valence-corrected chi connectivity index (χ3v) is 4.70. The number of rotatable bonds is 6. The van der Waals surface area contributed by atoms with Gasteiger partial charge in [0.15, 0.2) is 0 Å². The Kier molecular flexibility index (Phi) is 6.86. The van der Waals surface area contributed by atoms with E-state index < -0.39 is 0 Å². The van der Waals surface area contributed by atoms with Crippen LogP contribution in [0.4, 0.5) is 5.69 Å². The van der Waals surface area contributed by atoms with E-state index in [4.69, 9.17) is 11.6 Å². The lowest BCUT2D eigenvalue weighted by molar-refractivity contribution is -0.120. The van der Waals surface area contributed by atoms with Crippen molar-refractivity contribution >= 4 is 29.1 Å². The van der Waals surface area contributed by atoms with Crippen LogP contribution in [0.15, 0.2) is 36.4 Å². The fraction of sp³-hybridized carbons (Fsp3) is 0.333. The van der Waals surface area contributed by atoms with Crippen molar-refractivity contribution in [1.82, 2.24) is 10.2 Å². The molecule has 6 heteroatoms. The summed E-state index contributed by atoms with van der Waals surface area (Å²) >= 11 is 6.04. The molecule has 0 bridgehead atoms. The average molecular weight is 388 g/mol. The van der Waals surface area contributed by atoms with Crippen LogP contribution in [0, 0.1) is 13.8 Å². The fourth-order valence-electron chi connectivity index (χ4n) is 2.68. The first-order valence-electron chi connectivity index (χ1n) is 8.80. The van der Waals surface area contributed by atoms with Gasteiger partial charge in [0.1, 0.15) is 0 Å². The van der Waals surface area contributed by atoms with Crippen LogP contribution < -0.4 is 10.6 Å². The molecule has 144 valence electrons. The van der Waals surface area contributed by atoms with E-state index in [1.165, 1.54) is 16.0 Å². The molecule has 0 aliphatic heterocycles. The zero-order chi connectivity index (χ0) is 20.1. The summed E-state index contributed by atoms with van der Waals surface area (Å²) < 4.78 is 0. The van der Waals surface area contributed by atoms with Gasteiger partial charge in [0.2, 0.25) is 5.91 Å². The minimum absolute atomic E-state index is 0.0449. The molecular weight excluding hydrogens is 362 g/mol. The minimum Gasteiger partial charge on any atom is -0.375 e. The maximum atomic E-state index is 12.3. The van der Waals surface area contributed by atoms with Crippen LogP contribution in [0.1, 0.15) is 40.0 Å². The number of aryl methyl sites for hydroxylation is 2. The Balaban J connectivity index is 2.04. The SMILES string of the molecule is Cc1ccc(C(C)NC(=O)CNc2cc(Cl)ccc2C(=O)N(C)C)cc1C. The number of amides is 2. The number of carbonyl (C=O) groups is 2. The highest BCUT2D eigenvalue weighted by molar-refractivity contribution is 6.31. The van der Waals surface area contributed by atoms with Gasteiger partial charge < -0.3 is 15.5 Å². The Hall–Kier alpha value is -2.53. The van der Waals surface area contributed by atoms with Crippen molar-refractivity contribution < 1.29 is 9.59 Å². The van der Waals surface area contributed by atoms with E-state index in [1.807, 2.05) is 13.0 Å². The van der Waals surface area contributed by atoms with Crippen molar-refractivity contribution in [2.24, 2.45) is 0 Å². The number of benzene rings is 2. The van der Waals surface area contributed by atoms with Crippen molar-refractivity contribution in [3.63, 3.8) is 0 Å². The zero-order valence-electron chi connectivity index (χ0n) is 16.4. The summed E-state index contributed by atoms with van der Waals surface area (Å²) in [7, 11) is 3.36. The first kappa shape index (κ1) is 20.8. The van der Waals surface area contributed by atoms with Gasteiger partial charge in [-0.15, -0.1) is 0 Å². The van der Waals surface area contributed by atoms with Crippen LogP contribution in [0.5, 0.6) is 0 Å². The predicted molar refractivity (Wildman–Crippen MR) is 110 cm³/mol. The zero-order valence-corrected chi connectivity index (χ0v) is 17.1. The number of nitrogens with zero attached hydrogens (tertiary/aromatic N) is 1. The monoisotopic (exact) mass is 387 g/mol. The van der Waals surface area contributed by atoms with Gasteiger partial charge in [-0.2, -0.15) is 0 Å². The molecule has 2 aromatic rings. The molecule has 2 rings (SSSR count). The number of nitrogens with one attached hydrogen (secondary N) is 2. The molecule has 27 heavy (non-hydrogen) atoms. The van der Waals surface area contributed by atoms with Crippen molar-refractivity contribution in [1.29, 1.82) is 0 Å². The van der Waals surface area contributed by atoms with E-state index >= 15 is 0 Å². The summed E-state index contributed by atoms with van der Waals surface area (Å²) in [5, 5.41) is 6.49. The molecule has 0 aliphatic carbocycles. The quantitative estimate of drug-likeness (QED) is 0.788. The van der Waals surface area contributed by atoms with E-state index in [0.29, 0.717) is 16.3 Å². The summed E-state index contributed by atoms with van der Waals surface area (Å²) in [6.07, 6.45) is 0. The van der Waals surface area contributed by atoms with Crippen molar-refractivity contribution in [2.75, 3.05) is 26.0 Å². The molecule has 0 fully saturated rings. The largest absolute Gasteiger partial charge is 0.375 e. The number of halogens is 1. The van der Waals surface area contributed by atoms with E-state index in [0.717, 1.165) is 5.56 Å². The highest BCUT2D eigenvalue weighted by Gasteiger charge is 2.15. The predicted octanol–water partition coefficient (Wildman–Crippen LogP) is 3.95. The Morgan fingerprint density at radius 2 is 1.78 bits per heavy atom. The van der Waals surface area contributed by atoms with E-state index in [9.17, 15) is 9.59 Å². The summed E-state index contributed by atoms with van der Waals surface area (Å²) in [5.74, 6) is -0.318. The molecule has 5 nitrogen and oxygen atoms in total. The summed E-state index contributed by atoms with van der Waals surface area (Å²) in [6, 6.07) is 11.0. The second kappa shape index (κ2) is 8.91. The maximum absolute atomic E-state index is 12.3. The summed E-state index contributed by atoms with van der Waals surface area (Å²) in [4.78, 5) is 26.1. The first-order valence-corrected chi connectivity index (χ1v) is 9.18. The number of hydrogen-bond acceptors (Lipinski definition) is 3. The molecule has 2 aromatic carbocycles. The van der Waals surface area contributed by atoms with Gasteiger partial charge in [0.05, 0.1) is 18.2 Å². The standard InChI is InChI=1S/C21H26ClN3O2/c1-13-6-7-16(10-14(13)2)15(3)24-20(26)12-23-19-11-17(22)8-9-18(19)21(27)25(4)5/h6-11,15,23H,12H2,1-5H3,(H,24,26). The minimum atomic E-state index is -0.163. The van der Waals surface area contributed by atoms with E-state index in [1.54, 1.807) is 32.3 Å². The molecule has 0 spiro atoms. The summed E-state index contributed by atoms with van der Waals surface area (Å²) in [5.41, 5.74) is 4.47. The third-order valence-electron chi connectivity index (χ3n) is 4.47. The van der Waals surface area contributed by atoms with Gasteiger partial charge in [-0.3, -0.25) is 9.59 Å². The molecule has 2 amide bonds. The topological polar surface area (TPSA) is 61.4 Å². The first-order chi connectivity index (χ1) is 12.7. The van der Waals surface area contributed by atoms with Crippen LogP contribution in [0.25, 0.3) is 0 Å². The number of anilines is 1. The highest BCUT2D eigenvalue weighted by atomic mass is 35.5. The second-order valence-corrected chi connectivity index (χ2v) is 7.31. The van der Waals surface area contributed by atoms with Crippen LogP contribution in [-0.4, -0.2) is 37.4 Å². The lowest BCUT2D eigenvalue weighted by atomic mass is 10.0. The second-order valence-electron chi connectivity index (χ2n) is 6.88. The van der Waals surface area contributed by atoms with Gasteiger partial charge in [-0.25, -0.2) is 0 Å². The third kappa shape index (κ3) is 5.47. The van der Waals surface area contributed by atoms with E-state index in [-0.39, 0.29) is 24.4 Å². The molecular formula is C21H26ClN3O2. The maximum Gasteiger partial charge on any atom is 0.255 e. The lowest BCUT2D eigenvalue weighted by Crippen LogP contribution is -2.32. The van der Waals surface area contributed by atoms with E-state index in [2.05, 4.69) is 36.6 Å². The molecule has 2 N–H and O–H groups in total. The van der Waals surface area contributed by atoms with Gasteiger partial charge in [-0.05, 0) is 55.7 Å². The number of hydrogen-bond donors (Lipinski definition) is 2. The van der Waals surface area contributed by atoms with Crippen LogP contribution >= 0.6 is 11.6 Å². The van der Waals surface area contributed by atoms with Crippen LogP contribution in [-0.2, 0) is 4.79 Å². The Morgan fingerprint density at radius 1 is 1.07 bits per heavy atom. The highest BCUT2D eigenvalue weighted by Crippen LogP contribution is 2.22. The smallest absolute Gasteiger partial charge is 0.255 e. The number of carbonyl (C=O) groups excluding carboxylic acids is 2. The Bertz CT molecular complexity index is 849. The molecule has 0 aromatic heterocycles. The summed E-state index contributed by atoms with van der Waals surface area (Å²) in [6.45, 7) is 6.10. The molecule has 0 saturated heterocycles. The lowest BCUT2D eigenvalue weighted by Gasteiger charge is -2.18. The molecule has 1 unspecified atom stereocenters. The fourth-order valence-corrected chi connectivity index (χ4v) is 2.85. The van der Waals surface area contributed by atoms with Crippen molar-refractivity contribution in [3.8, 4) is 0 Å². The van der Waals surface area contributed by atoms with Gasteiger partial charge in [0.25, 0.3) is 5.91 Å². The van der Waals surface area contributed by atoms with Crippen molar-refractivity contribution in [2.45, 2.75) is 26.8 Å². The Labute approximate surface area is 165 Å². The van der Waals surface area contributed by atoms with Crippen LogP contribution in [0.3, 0.4) is 0 Å². The van der Waals surface area contributed by atoms with Gasteiger partial charge in [-0.1, -0.05) is 29.8 Å². The molecule has 0 heterocycles.